The first-order chi connectivity index (χ1) is 10.0. The minimum absolute atomic E-state index is 0.0312. The number of anilines is 1. The van der Waals surface area contributed by atoms with E-state index in [2.05, 4.69) is 0 Å². The standard InChI is InChI=1S/C15H14F2N2O2/c1-2-9-3-4-10(21-9)7-19-12-6-8(16)5-11(17)13(12)14(18)15(19)20/h3-6,14H,2,7,18H2,1H3. The lowest BCUT2D eigenvalue weighted by atomic mass is 10.1. The predicted octanol–water partition coefficient (Wildman–Crippen LogP) is 2.67. The zero-order chi connectivity index (χ0) is 15.1. The number of fused-ring (bicyclic) bond motifs is 1. The molecule has 1 amide bonds. The lowest BCUT2D eigenvalue weighted by Gasteiger charge is -2.16. The Labute approximate surface area is 120 Å². The van der Waals surface area contributed by atoms with Crippen molar-refractivity contribution in [1.82, 2.24) is 0 Å². The van der Waals surface area contributed by atoms with Gasteiger partial charge in [-0.25, -0.2) is 8.78 Å². The Morgan fingerprint density at radius 1 is 1.29 bits per heavy atom. The molecule has 1 atom stereocenters. The van der Waals surface area contributed by atoms with Gasteiger partial charge in [-0.05, 0) is 18.2 Å². The maximum Gasteiger partial charge on any atom is 0.249 e. The summed E-state index contributed by atoms with van der Waals surface area (Å²) in [5.74, 6) is -0.686. The molecule has 1 aliphatic heterocycles. The van der Waals surface area contributed by atoms with Crippen molar-refractivity contribution in [1.29, 1.82) is 0 Å². The Morgan fingerprint density at radius 2 is 2.00 bits per heavy atom. The van der Waals surface area contributed by atoms with Crippen LogP contribution < -0.4 is 10.6 Å². The number of nitrogens with zero attached hydrogens (tertiary/aromatic N) is 1. The first-order valence-electron chi connectivity index (χ1n) is 6.64. The number of amides is 1. The van der Waals surface area contributed by atoms with E-state index in [1.54, 1.807) is 6.07 Å². The van der Waals surface area contributed by atoms with Crippen LogP contribution >= 0.6 is 0 Å². The first-order valence-corrected chi connectivity index (χ1v) is 6.64. The highest BCUT2D eigenvalue weighted by atomic mass is 19.1. The lowest BCUT2D eigenvalue weighted by molar-refractivity contribution is -0.119. The molecule has 2 heterocycles. The summed E-state index contributed by atoms with van der Waals surface area (Å²) in [7, 11) is 0. The van der Waals surface area contributed by atoms with Crippen LogP contribution in [-0.4, -0.2) is 5.91 Å². The summed E-state index contributed by atoms with van der Waals surface area (Å²) < 4.78 is 32.8. The first kappa shape index (κ1) is 13.8. The fraction of sp³-hybridized carbons (Fsp3) is 0.267. The molecule has 4 nitrogen and oxygen atoms in total. The van der Waals surface area contributed by atoms with Crippen molar-refractivity contribution in [2.75, 3.05) is 4.90 Å². The summed E-state index contributed by atoms with van der Waals surface area (Å²) >= 11 is 0. The van der Waals surface area contributed by atoms with Crippen LogP contribution in [0.1, 0.15) is 30.0 Å². The molecule has 1 aromatic heterocycles. The number of aryl methyl sites for hydroxylation is 1. The van der Waals surface area contributed by atoms with Crippen molar-refractivity contribution < 1.29 is 18.0 Å². The normalized spacial score (nSPS) is 17.4. The van der Waals surface area contributed by atoms with Gasteiger partial charge in [-0.3, -0.25) is 4.79 Å². The molecule has 1 aromatic carbocycles. The number of furan rings is 1. The zero-order valence-electron chi connectivity index (χ0n) is 11.4. The smallest absolute Gasteiger partial charge is 0.249 e. The molecule has 1 unspecified atom stereocenters. The maximum absolute atomic E-state index is 13.8. The van der Waals surface area contributed by atoms with Gasteiger partial charge in [0.25, 0.3) is 0 Å². The number of benzene rings is 1. The number of hydrogen-bond donors (Lipinski definition) is 1. The third-order valence-corrected chi connectivity index (χ3v) is 3.59. The van der Waals surface area contributed by atoms with Crippen LogP contribution in [0.4, 0.5) is 14.5 Å². The van der Waals surface area contributed by atoms with Gasteiger partial charge in [0.1, 0.15) is 29.2 Å². The quantitative estimate of drug-likeness (QED) is 0.946. The average Bonchev–Trinajstić information content (AvgIpc) is 2.98. The topological polar surface area (TPSA) is 59.5 Å². The van der Waals surface area contributed by atoms with E-state index in [0.717, 1.165) is 24.3 Å². The average molecular weight is 292 g/mol. The van der Waals surface area contributed by atoms with Crippen molar-refractivity contribution in [2.24, 2.45) is 5.73 Å². The Bertz CT molecular complexity index is 712. The van der Waals surface area contributed by atoms with Crippen LogP contribution in [0.5, 0.6) is 0 Å². The second-order valence-electron chi connectivity index (χ2n) is 4.94. The molecule has 0 aliphatic carbocycles. The number of carbonyl (C=O) groups excluding carboxylic acids is 1. The molecular formula is C15H14F2N2O2. The minimum Gasteiger partial charge on any atom is -0.464 e. The highest BCUT2D eigenvalue weighted by Crippen LogP contribution is 2.38. The minimum atomic E-state index is -1.11. The Balaban J connectivity index is 1.99. The van der Waals surface area contributed by atoms with E-state index in [-0.39, 0.29) is 17.8 Å². The van der Waals surface area contributed by atoms with Crippen molar-refractivity contribution in [3.05, 3.63) is 53.0 Å². The number of carbonyl (C=O) groups is 1. The summed E-state index contributed by atoms with van der Waals surface area (Å²) in [4.78, 5) is 13.4. The van der Waals surface area contributed by atoms with Crippen LogP contribution in [0.2, 0.25) is 0 Å². The molecule has 2 aromatic rings. The van der Waals surface area contributed by atoms with Gasteiger partial charge in [0.15, 0.2) is 0 Å². The van der Waals surface area contributed by atoms with E-state index in [1.807, 2.05) is 13.0 Å². The molecule has 110 valence electrons. The number of halogens is 2. The third kappa shape index (κ3) is 2.21. The number of rotatable bonds is 3. The molecule has 0 spiro atoms. The van der Waals surface area contributed by atoms with E-state index in [4.69, 9.17) is 10.2 Å². The molecular weight excluding hydrogens is 278 g/mol. The molecule has 1 aliphatic rings. The van der Waals surface area contributed by atoms with Gasteiger partial charge in [-0.1, -0.05) is 6.92 Å². The van der Waals surface area contributed by atoms with Crippen molar-refractivity contribution >= 4 is 11.6 Å². The van der Waals surface area contributed by atoms with E-state index in [1.165, 1.54) is 4.90 Å². The van der Waals surface area contributed by atoms with Crippen LogP contribution in [0.3, 0.4) is 0 Å². The van der Waals surface area contributed by atoms with Crippen molar-refractivity contribution in [3.63, 3.8) is 0 Å². The van der Waals surface area contributed by atoms with Crippen LogP contribution in [0.15, 0.2) is 28.7 Å². The number of hydrogen-bond acceptors (Lipinski definition) is 3. The monoisotopic (exact) mass is 292 g/mol. The summed E-state index contributed by atoms with van der Waals surface area (Å²) in [6.07, 6.45) is 0.729. The van der Waals surface area contributed by atoms with Crippen LogP contribution in [-0.2, 0) is 17.8 Å². The van der Waals surface area contributed by atoms with Gasteiger partial charge >= 0.3 is 0 Å². The Hall–Kier alpha value is -2.21. The molecule has 0 saturated heterocycles. The Morgan fingerprint density at radius 3 is 2.67 bits per heavy atom. The molecule has 3 rings (SSSR count). The van der Waals surface area contributed by atoms with E-state index in [0.29, 0.717) is 5.76 Å². The summed E-state index contributed by atoms with van der Waals surface area (Å²) in [6.45, 7) is 2.04. The SMILES string of the molecule is CCc1ccc(CN2C(=O)C(N)c3c(F)cc(F)cc32)o1. The molecule has 0 bridgehead atoms. The van der Waals surface area contributed by atoms with E-state index < -0.39 is 23.6 Å². The predicted molar refractivity (Wildman–Crippen MR) is 72.6 cm³/mol. The molecule has 0 fully saturated rings. The lowest BCUT2D eigenvalue weighted by Crippen LogP contribution is -2.31. The largest absolute Gasteiger partial charge is 0.464 e. The molecule has 0 radical (unpaired) electrons. The maximum atomic E-state index is 13.8. The summed E-state index contributed by atoms with van der Waals surface area (Å²) in [5, 5.41) is 0. The van der Waals surface area contributed by atoms with Crippen molar-refractivity contribution in [3.8, 4) is 0 Å². The van der Waals surface area contributed by atoms with Gasteiger partial charge < -0.3 is 15.1 Å². The van der Waals surface area contributed by atoms with Gasteiger partial charge in [0.05, 0.1) is 12.2 Å². The van der Waals surface area contributed by atoms with Crippen LogP contribution in [0, 0.1) is 11.6 Å². The number of nitrogens with two attached hydrogens (primary N) is 1. The molecule has 0 saturated carbocycles. The fourth-order valence-electron chi connectivity index (χ4n) is 2.53. The van der Waals surface area contributed by atoms with E-state index in [9.17, 15) is 13.6 Å². The van der Waals surface area contributed by atoms with Crippen molar-refractivity contribution in [2.45, 2.75) is 25.9 Å². The molecule has 2 N–H and O–H groups in total. The van der Waals surface area contributed by atoms with Gasteiger partial charge in [-0.15, -0.1) is 0 Å². The second-order valence-corrected chi connectivity index (χ2v) is 4.94. The second kappa shape index (κ2) is 4.96. The molecule has 21 heavy (non-hydrogen) atoms. The van der Waals surface area contributed by atoms with E-state index >= 15 is 0 Å². The fourth-order valence-corrected chi connectivity index (χ4v) is 2.53. The highest BCUT2D eigenvalue weighted by Gasteiger charge is 2.38. The van der Waals surface area contributed by atoms with Gasteiger partial charge in [0, 0.05) is 18.1 Å². The highest BCUT2D eigenvalue weighted by molar-refractivity contribution is 6.04. The zero-order valence-corrected chi connectivity index (χ0v) is 11.4. The van der Waals surface area contributed by atoms with Gasteiger partial charge in [0.2, 0.25) is 5.91 Å². The van der Waals surface area contributed by atoms with Gasteiger partial charge in [-0.2, -0.15) is 0 Å². The Kier molecular flexibility index (Phi) is 3.25. The molecule has 6 heteroatoms. The third-order valence-electron chi connectivity index (χ3n) is 3.59. The summed E-state index contributed by atoms with van der Waals surface area (Å²) in [5.41, 5.74) is 5.93. The summed E-state index contributed by atoms with van der Waals surface area (Å²) in [6, 6.07) is 4.29. The van der Waals surface area contributed by atoms with Crippen LogP contribution in [0.25, 0.3) is 0 Å².